The summed E-state index contributed by atoms with van der Waals surface area (Å²) in [6.45, 7) is -0.0592. The number of primary amides is 1. The van der Waals surface area contributed by atoms with Gasteiger partial charge in [0.2, 0.25) is 5.91 Å². The first-order valence-corrected chi connectivity index (χ1v) is 4.99. The van der Waals surface area contributed by atoms with Gasteiger partial charge in [0, 0.05) is 12.6 Å². The SMILES string of the molecule is COc1ccc(CNOCC(N)=O)cc1[N+](=O)[O-]. The molecule has 0 bridgehead atoms. The van der Waals surface area contributed by atoms with Gasteiger partial charge < -0.3 is 10.5 Å². The molecule has 8 heteroatoms. The minimum Gasteiger partial charge on any atom is -0.490 e. The van der Waals surface area contributed by atoms with Gasteiger partial charge in [0.05, 0.1) is 12.0 Å². The van der Waals surface area contributed by atoms with E-state index in [1.165, 1.54) is 19.2 Å². The molecule has 0 saturated carbocycles. The molecule has 1 amide bonds. The summed E-state index contributed by atoms with van der Waals surface area (Å²) in [5.74, 6) is -0.426. The molecule has 0 atom stereocenters. The third-order valence-corrected chi connectivity index (χ3v) is 2.03. The van der Waals surface area contributed by atoms with E-state index in [4.69, 9.17) is 15.3 Å². The van der Waals surface area contributed by atoms with Crippen LogP contribution in [-0.2, 0) is 16.2 Å². The Bertz CT molecular complexity index is 449. The van der Waals surface area contributed by atoms with E-state index in [9.17, 15) is 14.9 Å². The Labute approximate surface area is 103 Å². The number of nitrogens with zero attached hydrogens (tertiary/aromatic N) is 1. The number of carbonyl (C=O) groups excluding carboxylic acids is 1. The summed E-state index contributed by atoms with van der Waals surface area (Å²) >= 11 is 0. The first-order chi connectivity index (χ1) is 8.54. The summed E-state index contributed by atoms with van der Waals surface area (Å²) in [4.78, 5) is 25.3. The van der Waals surface area contributed by atoms with Crippen LogP contribution in [0.1, 0.15) is 5.56 Å². The maximum atomic E-state index is 10.8. The highest BCUT2D eigenvalue weighted by Gasteiger charge is 2.14. The van der Waals surface area contributed by atoms with Crippen molar-refractivity contribution in [3.63, 3.8) is 0 Å². The number of methoxy groups -OCH3 is 1. The molecule has 0 aliphatic carbocycles. The minimum absolute atomic E-state index is 0.133. The van der Waals surface area contributed by atoms with Crippen LogP contribution in [0.15, 0.2) is 18.2 Å². The number of ether oxygens (including phenoxy) is 1. The number of nitrogens with two attached hydrogens (primary N) is 1. The van der Waals surface area contributed by atoms with E-state index in [0.717, 1.165) is 0 Å². The predicted molar refractivity (Wildman–Crippen MR) is 61.6 cm³/mol. The molecule has 0 radical (unpaired) electrons. The number of amides is 1. The topological polar surface area (TPSA) is 117 Å². The molecule has 0 saturated heterocycles. The summed E-state index contributed by atoms with van der Waals surface area (Å²) in [5.41, 5.74) is 7.82. The molecular formula is C10H13N3O5. The highest BCUT2D eigenvalue weighted by molar-refractivity contribution is 5.74. The lowest BCUT2D eigenvalue weighted by Crippen LogP contribution is -2.24. The standard InChI is InChI=1S/C10H13N3O5/c1-17-9-3-2-7(4-8(9)13(15)16)5-12-18-6-10(11)14/h2-4,12H,5-6H2,1H3,(H2,11,14). The molecule has 3 N–H and O–H groups in total. The van der Waals surface area contributed by atoms with Crippen molar-refractivity contribution >= 4 is 11.6 Å². The molecular weight excluding hydrogens is 242 g/mol. The van der Waals surface area contributed by atoms with Crippen LogP contribution >= 0.6 is 0 Å². The second-order valence-electron chi connectivity index (χ2n) is 3.34. The second kappa shape index (κ2) is 6.52. The highest BCUT2D eigenvalue weighted by Crippen LogP contribution is 2.27. The first kappa shape index (κ1) is 13.9. The molecule has 0 aliphatic heterocycles. The third kappa shape index (κ3) is 4.00. The lowest BCUT2D eigenvalue weighted by molar-refractivity contribution is -0.385. The Balaban J connectivity index is 2.64. The normalized spacial score (nSPS) is 10.1. The van der Waals surface area contributed by atoms with Gasteiger partial charge in [0.1, 0.15) is 6.61 Å². The number of rotatable bonds is 7. The fourth-order valence-electron chi connectivity index (χ4n) is 1.24. The van der Waals surface area contributed by atoms with Crippen LogP contribution in [0.3, 0.4) is 0 Å². The van der Waals surface area contributed by atoms with Gasteiger partial charge in [0.15, 0.2) is 5.75 Å². The van der Waals surface area contributed by atoms with Crippen molar-refractivity contribution in [2.75, 3.05) is 13.7 Å². The van der Waals surface area contributed by atoms with Crippen molar-refractivity contribution in [3.8, 4) is 5.75 Å². The fourth-order valence-corrected chi connectivity index (χ4v) is 1.24. The number of hydroxylamine groups is 1. The van der Waals surface area contributed by atoms with Crippen LogP contribution < -0.4 is 16.0 Å². The summed E-state index contributed by atoms with van der Waals surface area (Å²) in [7, 11) is 1.36. The summed E-state index contributed by atoms with van der Waals surface area (Å²) in [5, 5.41) is 10.8. The van der Waals surface area contributed by atoms with Crippen LogP contribution in [0, 0.1) is 10.1 Å². The molecule has 98 valence electrons. The van der Waals surface area contributed by atoms with Gasteiger partial charge in [-0.15, -0.1) is 0 Å². The van der Waals surface area contributed by atoms with E-state index in [2.05, 4.69) is 5.48 Å². The number of nitro groups is 1. The Morgan fingerprint density at radius 1 is 1.56 bits per heavy atom. The Hall–Kier alpha value is -2.19. The summed E-state index contributed by atoms with van der Waals surface area (Å²) in [6, 6.07) is 4.50. The van der Waals surface area contributed by atoms with Gasteiger partial charge in [-0.05, 0) is 11.6 Å². The van der Waals surface area contributed by atoms with E-state index >= 15 is 0 Å². The van der Waals surface area contributed by atoms with Gasteiger partial charge in [-0.25, -0.2) is 0 Å². The van der Waals surface area contributed by atoms with Gasteiger partial charge >= 0.3 is 5.69 Å². The maximum absolute atomic E-state index is 10.8. The van der Waals surface area contributed by atoms with Crippen LogP contribution in [0.5, 0.6) is 5.75 Å². The summed E-state index contributed by atoms with van der Waals surface area (Å²) in [6.07, 6.45) is 0. The molecule has 0 aromatic heterocycles. The van der Waals surface area contributed by atoms with Crippen LogP contribution in [0.2, 0.25) is 0 Å². The monoisotopic (exact) mass is 255 g/mol. The molecule has 0 spiro atoms. The van der Waals surface area contributed by atoms with Gasteiger partial charge in [0.25, 0.3) is 0 Å². The van der Waals surface area contributed by atoms with E-state index in [1.807, 2.05) is 0 Å². The average Bonchev–Trinajstić information content (AvgIpc) is 2.34. The van der Waals surface area contributed by atoms with Gasteiger partial charge in [-0.2, -0.15) is 5.48 Å². The van der Waals surface area contributed by atoms with Crippen molar-refractivity contribution in [1.29, 1.82) is 0 Å². The quantitative estimate of drug-likeness (QED) is 0.405. The Morgan fingerprint density at radius 3 is 2.83 bits per heavy atom. The molecule has 0 unspecified atom stereocenters. The van der Waals surface area contributed by atoms with E-state index < -0.39 is 10.8 Å². The molecule has 0 fully saturated rings. The van der Waals surface area contributed by atoms with Crippen LogP contribution in [-0.4, -0.2) is 24.5 Å². The molecule has 18 heavy (non-hydrogen) atoms. The zero-order valence-corrected chi connectivity index (χ0v) is 9.71. The number of hydrogen-bond donors (Lipinski definition) is 2. The minimum atomic E-state index is -0.608. The zero-order valence-electron chi connectivity index (χ0n) is 9.71. The summed E-state index contributed by atoms with van der Waals surface area (Å²) < 4.78 is 4.86. The second-order valence-corrected chi connectivity index (χ2v) is 3.34. The average molecular weight is 255 g/mol. The van der Waals surface area contributed by atoms with E-state index in [1.54, 1.807) is 6.07 Å². The van der Waals surface area contributed by atoms with E-state index in [0.29, 0.717) is 5.56 Å². The number of benzene rings is 1. The molecule has 1 aromatic rings. The number of hydrogen-bond acceptors (Lipinski definition) is 6. The molecule has 0 aliphatic rings. The maximum Gasteiger partial charge on any atom is 0.311 e. The van der Waals surface area contributed by atoms with Crippen molar-refractivity contribution in [2.24, 2.45) is 5.73 Å². The van der Waals surface area contributed by atoms with Crippen molar-refractivity contribution < 1.29 is 19.3 Å². The first-order valence-electron chi connectivity index (χ1n) is 4.99. The van der Waals surface area contributed by atoms with Gasteiger partial charge in [-0.1, -0.05) is 6.07 Å². The molecule has 1 rings (SSSR count). The highest BCUT2D eigenvalue weighted by atomic mass is 16.6. The smallest absolute Gasteiger partial charge is 0.311 e. The largest absolute Gasteiger partial charge is 0.490 e. The third-order valence-electron chi connectivity index (χ3n) is 2.03. The molecule has 8 nitrogen and oxygen atoms in total. The fraction of sp³-hybridized carbons (Fsp3) is 0.300. The Kier molecular flexibility index (Phi) is 5.03. The van der Waals surface area contributed by atoms with Crippen LogP contribution in [0.4, 0.5) is 5.69 Å². The van der Waals surface area contributed by atoms with Gasteiger partial charge in [-0.3, -0.25) is 19.7 Å². The van der Waals surface area contributed by atoms with Crippen LogP contribution in [0.25, 0.3) is 0 Å². The number of nitrogens with one attached hydrogen (secondary N) is 1. The zero-order chi connectivity index (χ0) is 13.5. The predicted octanol–water partition coefficient (Wildman–Crippen LogP) is 0.110. The van der Waals surface area contributed by atoms with Crippen molar-refractivity contribution in [3.05, 3.63) is 33.9 Å². The Morgan fingerprint density at radius 2 is 2.28 bits per heavy atom. The molecule has 1 aromatic carbocycles. The van der Waals surface area contributed by atoms with Crippen molar-refractivity contribution in [2.45, 2.75) is 6.54 Å². The van der Waals surface area contributed by atoms with E-state index in [-0.39, 0.29) is 24.6 Å². The van der Waals surface area contributed by atoms with Crippen molar-refractivity contribution in [1.82, 2.24) is 5.48 Å². The lowest BCUT2D eigenvalue weighted by atomic mass is 10.2. The number of nitro benzene ring substituents is 1. The molecule has 0 heterocycles. The number of carbonyl (C=O) groups is 1. The lowest BCUT2D eigenvalue weighted by Gasteiger charge is -2.06.